The molecule has 0 saturated heterocycles. The van der Waals surface area contributed by atoms with Gasteiger partial charge in [0.2, 0.25) is 0 Å². The van der Waals surface area contributed by atoms with E-state index in [0.717, 1.165) is 0 Å². The third kappa shape index (κ3) is 2.79. The Kier molecular flexibility index (Phi) is 4.87. The fourth-order valence-corrected chi connectivity index (χ4v) is 2.46. The molecule has 0 aliphatic carbocycles. The Morgan fingerprint density at radius 1 is 1.31 bits per heavy atom. The summed E-state index contributed by atoms with van der Waals surface area (Å²) in [4.78, 5) is 11.2. The molecule has 2 atom stereocenters. The van der Waals surface area contributed by atoms with Crippen molar-refractivity contribution in [1.82, 2.24) is 0 Å². The van der Waals surface area contributed by atoms with Crippen molar-refractivity contribution < 1.29 is 18.6 Å². The molecule has 1 aromatic rings. The van der Waals surface area contributed by atoms with Crippen LogP contribution in [-0.2, 0) is 24.2 Å². The molecule has 88 valence electrons. The van der Waals surface area contributed by atoms with E-state index in [-0.39, 0.29) is 6.16 Å². The normalized spacial score (nSPS) is 16.4. The molecule has 1 rings (SSSR count). The minimum absolute atomic E-state index is 0.0537. The summed E-state index contributed by atoms with van der Waals surface area (Å²) in [5.41, 5.74) is -0.490. The number of hydrogen-bond acceptors (Lipinski definition) is 4. The maximum Gasteiger partial charge on any atom is 0.195 e. The van der Waals surface area contributed by atoms with Crippen LogP contribution in [0.25, 0.3) is 0 Å². The Balaban J connectivity index is 3.06. The molecule has 0 spiro atoms. The molecule has 0 radical (unpaired) electrons. The summed E-state index contributed by atoms with van der Waals surface area (Å²) in [5.74, 6) is 0. The molecule has 0 amide bonds. The van der Waals surface area contributed by atoms with Gasteiger partial charge in [-0.15, -0.1) is 0 Å². The molecule has 0 heterocycles. The van der Waals surface area contributed by atoms with Crippen LogP contribution in [0.1, 0.15) is 5.56 Å². The molecular weight excluding hydrogens is 227 g/mol. The van der Waals surface area contributed by atoms with Gasteiger partial charge in [0.05, 0.1) is 6.16 Å². The lowest BCUT2D eigenvalue weighted by molar-refractivity contribution is -0.126. The van der Waals surface area contributed by atoms with Gasteiger partial charge in [0.1, 0.15) is 0 Å². The predicted octanol–water partition coefficient (Wildman–Crippen LogP) is 1.85. The van der Waals surface area contributed by atoms with Crippen molar-refractivity contribution in [3.8, 4) is 0 Å². The van der Waals surface area contributed by atoms with Crippen molar-refractivity contribution >= 4 is 14.3 Å². The maximum absolute atomic E-state index is 11.4. The summed E-state index contributed by atoms with van der Waals surface area (Å²) in [6, 6.07) is 8.98. The van der Waals surface area contributed by atoms with E-state index in [1.165, 1.54) is 14.2 Å². The Hall–Kier alpha value is -0.960. The van der Waals surface area contributed by atoms with Crippen LogP contribution >= 0.6 is 8.03 Å². The number of carbonyl (C=O) groups is 1. The van der Waals surface area contributed by atoms with Crippen molar-refractivity contribution in [3.63, 3.8) is 0 Å². The predicted molar refractivity (Wildman–Crippen MR) is 62.1 cm³/mol. The van der Waals surface area contributed by atoms with Gasteiger partial charge in [0.25, 0.3) is 0 Å². The fourth-order valence-electron chi connectivity index (χ4n) is 1.46. The fraction of sp³-hybridized carbons (Fsp3) is 0.364. The lowest BCUT2D eigenvalue weighted by Crippen LogP contribution is -2.33. The number of carbonyl (C=O) groups excluding carboxylic acids is 1. The molecular formula is C11H15O4P. The van der Waals surface area contributed by atoms with Crippen LogP contribution in [0.3, 0.4) is 0 Å². The summed E-state index contributed by atoms with van der Waals surface area (Å²) < 4.78 is 21.4. The SMILES string of the molecule is CO[PH](=O)CC(C=O)(OC)c1ccccc1. The second-order valence-electron chi connectivity index (χ2n) is 3.33. The van der Waals surface area contributed by atoms with Crippen molar-refractivity contribution in [2.45, 2.75) is 5.60 Å². The maximum atomic E-state index is 11.4. The zero-order valence-corrected chi connectivity index (χ0v) is 10.3. The highest BCUT2D eigenvalue weighted by Gasteiger charge is 2.33. The first kappa shape index (κ1) is 13.1. The molecule has 1 aromatic carbocycles. The van der Waals surface area contributed by atoms with E-state index in [0.29, 0.717) is 11.8 Å². The quantitative estimate of drug-likeness (QED) is 0.564. The average molecular weight is 242 g/mol. The highest BCUT2D eigenvalue weighted by molar-refractivity contribution is 7.39. The van der Waals surface area contributed by atoms with Gasteiger partial charge in [0, 0.05) is 14.2 Å². The highest BCUT2D eigenvalue weighted by atomic mass is 31.1. The van der Waals surface area contributed by atoms with Crippen molar-refractivity contribution in [2.24, 2.45) is 0 Å². The van der Waals surface area contributed by atoms with Gasteiger partial charge < -0.3 is 9.26 Å². The third-order valence-electron chi connectivity index (χ3n) is 2.45. The second kappa shape index (κ2) is 5.94. The first-order valence-corrected chi connectivity index (χ1v) is 6.34. The van der Waals surface area contributed by atoms with Crippen molar-refractivity contribution in [3.05, 3.63) is 35.9 Å². The van der Waals surface area contributed by atoms with Crippen LogP contribution < -0.4 is 0 Å². The average Bonchev–Trinajstić information content (AvgIpc) is 2.37. The number of rotatable bonds is 6. The summed E-state index contributed by atoms with van der Waals surface area (Å²) in [6.45, 7) is 0. The standard InChI is InChI=1S/C11H15O4P/c1-14-11(8-12,9-16(13)15-2)10-6-4-3-5-7-10/h3-8,16H,9H2,1-2H3. The van der Waals surface area contributed by atoms with Gasteiger partial charge in [0.15, 0.2) is 19.9 Å². The first-order valence-electron chi connectivity index (χ1n) is 4.82. The van der Waals surface area contributed by atoms with Gasteiger partial charge in [-0.2, -0.15) is 0 Å². The minimum atomic E-state index is -2.26. The largest absolute Gasteiger partial charge is 0.365 e. The number of aldehydes is 1. The van der Waals surface area contributed by atoms with Crippen LogP contribution in [0, 0.1) is 0 Å². The van der Waals surface area contributed by atoms with E-state index >= 15 is 0 Å². The Morgan fingerprint density at radius 2 is 1.94 bits per heavy atom. The van der Waals surface area contributed by atoms with Crippen LogP contribution in [0.5, 0.6) is 0 Å². The zero-order chi connectivity index (χ0) is 12.0. The molecule has 0 aliphatic heterocycles. The molecule has 16 heavy (non-hydrogen) atoms. The van der Waals surface area contributed by atoms with Crippen LogP contribution in [0.2, 0.25) is 0 Å². The van der Waals surface area contributed by atoms with E-state index < -0.39 is 13.6 Å². The monoisotopic (exact) mass is 242 g/mol. The second-order valence-corrected chi connectivity index (χ2v) is 4.84. The molecule has 0 bridgehead atoms. The lowest BCUT2D eigenvalue weighted by Gasteiger charge is -2.26. The minimum Gasteiger partial charge on any atom is -0.365 e. The lowest BCUT2D eigenvalue weighted by atomic mass is 9.97. The Bertz CT molecular complexity index is 366. The van der Waals surface area contributed by atoms with E-state index in [4.69, 9.17) is 9.26 Å². The van der Waals surface area contributed by atoms with Gasteiger partial charge >= 0.3 is 0 Å². The summed E-state index contributed by atoms with van der Waals surface area (Å²) >= 11 is 0. The number of methoxy groups -OCH3 is 1. The van der Waals surface area contributed by atoms with Crippen molar-refractivity contribution in [2.75, 3.05) is 20.4 Å². The molecule has 5 heteroatoms. The summed E-state index contributed by atoms with van der Waals surface area (Å²) in [6.07, 6.45) is 0.724. The van der Waals surface area contributed by atoms with Gasteiger partial charge in [-0.1, -0.05) is 30.3 Å². The van der Waals surface area contributed by atoms with E-state index in [1.807, 2.05) is 6.07 Å². The van der Waals surface area contributed by atoms with Crippen LogP contribution in [0.15, 0.2) is 30.3 Å². The molecule has 2 unspecified atom stereocenters. The molecule has 0 aliphatic rings. The van der Waals surface area contributed by atoms with Crippen LogP contribution in [0.4, 0.5) is 0 Å². The van der Waals surface area contributed by atoms with Gasteiger partial charge in [-0.3, -0.25) is 9.36 Å². The van der Waals surface area contributed by atoms with E-state index in [9.17, 15) is 9.36 Å². The van der Waals surface area contributed by atoms with E-state index in [2.05, 4.69) is 0 Å². The Morgan fingerprint density at radius 3 is 2.38 bits per heavy atom. The smallest absolute Gasteiger partial charge is 0.195 e. The highest BCUT2D eigenvalue weighted by Crippen LogP contribution is 2.34. The third-order valence-corrected chi connectivity index (χ3v) is 3.72. The van der Waals surface area contributed by atoms with E-state index in [1.54, 1.807) is 24.3 Å². The first-order chi connectivity index (χ1) is 7.68. The molecule has 0 aromatic heterocycles. The zero-order valence-electron chi connectivity index (χ0n) is 9.30. The molecule has 0 N–H and O–H groups in total. The number of hydrogen-bond donors (Lipinski definition) is 0. The van der Waals surface area contributed by atoms with Gasteiger partial charge in [-0.25, -0.2) is 0 Å². The van der Waals surface area contributed by atoms with Crippen LogP contribution in [-0.4, -0.2) is 26.7 Å². The number of benzene rings is 1. The molecule has 0 saturated carbocycles. The summed E-state index contributed by atoms with van der Waals surface area (Å²) in [7, 11) is 0.519. The Labute approximate surface area is 95.4 Å². The number of ether oxygens (including phenoxy) is 1. The summed E-state index contributed by atoms with van der Waals surface area (Å²) in [5, 5.41) is 0. The van der Waals surface area contributed by atoms with Gasteiger partial charge in [-0.05, 0) is 5.56 Å². The topological polar surface area (TPSA) is 52.6 Å². The van der Waals surface area contributed by atoms with Crippen molar-refractivity contribution in [1.29, 1.82) is 0 Å². The molecule has 4 nitrogen and oxygen atoms in total. The molecule has 0 fully saturated rings.